The fourth-order valence-electron chi connectivity index (χ4n) is 5.52. The number of unbranched alkanes of at least 4 members (excludes halogenated alkanes) is 2. The van der Waals surface area contributed by atoms with E-state index in [1.807, 2.05) is 47.2 Å². The van der Waals surface area contributed by atoms with Gasteiger partial charge in [0, 0.05) is 27.5 Å². The lowest BCUT2D eigenvalue weighted by Gasteiger charge is -2.20. The molecule has 3 aromatic heterocycles. The molecule has 5 aromatic rings. The Labute approximate surface area is 263 Å². The molecule has 2 aromatic carbocycles. The average Bonchev–Trinajstić information content (AvgIpc) is 3.75. The summed E-state index contributed by atoms with van der Waals surface area (Å²) in [5.41, 5.74) is 3.91. The minimum absolute atomic E-state index is 0.289. The van der Waals surface area contributed by atoms with Crippen LogP contribution in [-0.4, -0.2) is 23.2 Å². The van der Waals surface area contributed by atoms with Gasteiger partial charge in [-0.15, -0.1) is 22.7 Å². The van der Waals surface area contributed by atoms with Crippen LogP contribution in [-0.2, 0) is 0 Å². The molecule has 43 heavy (non-hydrogen) atoms. The third-order valence-corrected chi connectivity index (χ3v) is 10.1. The summed E-state index contributed by atoms with van der Waals surface area (Å²) in [6, 6.07) is 13.4. The summed E-state index contributed by atoms with van der Waals surface area (Å²) < 4.78 is 28.8. The second-order valence-corrected chi connectivity index (χ2v) is 13.3. The van der Waals surface area contributed by atoms with E-state index >= 15 is 4.39 Å². The maximum atomic E-state index is 15.8. The van der Waals surface area contributed by atoms with E-state index in [-0.39, 0.29) is 5.82 Å². The van der Waals surface area contributed by atoms with Crippen LogP contribution in [0.2, 0.25) is 0 Å². The summed E-state index contributed by atoms with van der Waals surface area (Å²) in [5.74, 6) is 2.07. The van der Waals surface area contributed by atoms with Gasteiger partial charge in [0.25, 0.3) is 0 Å². The molecule has 0 aliphatic carbocycles. The number of hydrogen-bond acceptors (Lipinski definition) is 6. The van der Waals surface area contributed by atoms with Crippen LogP contribution in [0.3, 0.4) is 0 Å². The van der Waals surface area contributed by atoms with Crippen LogP contribution in [0.25, 0.3) is 42.9 Å². The van der Waals surface area contributed by atoms with Crippen molar-refractivity contribution in [3.8, 4) is 32.4 Å². The van der Waals surface area contributed by atoms with Crippen molar-refractivity contribution >= 4 is 44.7 Å². The second kappa shape index (κ2) is 15.1. The lowest BCUT2D eigenvalue weighted by atomic mass is 10.0. The molecule has 2 unspecified atom stereocenters. The van der Waals surface area contributed by atoms with Crippen molar-refractivity contribution in [2.45, 2.75) is 79.1 Å². The Bertz CT molecular complexity index is 1600. The van der Waals surface area contributed by atoms with E-state index in [9.17, 15) is 0 Å². The predicted molar refractivity (Wildman–Crippen MR) is 181 cm³/mol. The third kappa shape index (κ3) is 7.38. The third-order valence-electron chi connectivity index (χ3n) is 8.32. The van der Waals surface area contributed by atoms with Crippen LogP contribution < -0.4 is 9.47 Å². The largest absolute Gasteiger partial charge is 0.489 e. The van der Waals surface area contributed by atoms with Crippen molar-refractivity contribution in [2.75, 3.05) is 13.2 Å². The van der Waals surface area contributed by atoms with E-state index in [2.05, 4.69) is 27.7 Å². The van der Waals surface area contributed by atoms with Crippen LogP contribution in [0.5, 0.6) is 11.5 Å². The number of halogens is 1. The summed E-state index contributed by atoms with van der Waals surface area (Å²) in [6.07, 6.45) is 9.19. The first kappa shape index (κ1) is 31.4. The molecule has 7 heteroatoms. The Morgan fingerprint density at radius 2 is 1.26 bits per heavy atom. The lowest BCUT2D eigenvalue weighted by molar-refractivity contribution is 0.199. The minimum atomic E-state index is -0.289. The molecule has 0 aliphatic heterocycles. The van der Waals surface area contributed by atoms with Crippen LogP contribution >= 0.6 is 22.7 Å². The maximum absolute atomic E-state index is 15.8. The topological polar surface area (TPSA) is 44.2 Å². The van der Waals surface area contributed by atoms with Gasteiger partial charge in [0.15, 0.2) is 11.5 Å². The van der Waals surface area contributed by atoms with Crippen molar-refractivity contribution in [1.82, 2.24) is 9.97 Å². The van der Waals surface area contributed by atoms with E-state index in [1.165, 1.54) is 37.0 Å². The second-order valence-electron chi connectivity index (χ2n) is 11.4. The van der Waals surface area contributed by atoms with Crippen LogP contribution in [0.4, 0.5) is 4.39 Å². The SMILES string of the molecule is CCCCC(CC)COc1cc2nc3c(-c4cccs4)cc(F)c(-c4cccs4)c3nc2cc1OCC(CC)CCCC. The number of hydrogen-bond donors (Lipinski definition) is 0. The van der Waals surface area contributed by atoms with Crippen LogP contribution in [0, 0.1) is 17.7 Å². The average molecular weight is 619 g/mol. The van der Waals surface area contributed by atoms with E-state index < -0.39 is 0 Å². The number of rotatable bonds is 16. The molecular formula is C36H43FN2O2S2. The molecular weight excluding hydrogens is 576 g/mol. The quantitative estimate of drug-likeness (QED) is 0.103. The van der Waals surface area contributed by atoms with Crippen molar-refractivity contribution < 1.29 is 13.9 Å². The first-order valence-corrected chi connectivity index (χ1v) is 17.6. The molecule has 0 N–H and O–H groups in total. The fourth-order valence-corrected chi connectivity index (χ4v) is 7.04. The molecule has 0 spiro atoms. The molecule has 0 aliphatic rings. The smallest absolute Gasteiger partial charge is 0.163 e. The van der Waals surface area contributed by atoms with E-state index in [0.29, 0.717) is 58.7 Å². The molecule has 0 radical (unpaired) electrons. The van der Waals surface area contributed by atoms with Crippen LogP contribution in [0.15, 0.2) is 53.2 Å². The lowest BCUT2D eigenvalue weighted by Crippen LogP contribution is -2.14. The molecule has 3 heterocycles. The number of ether oxygens (including phenoxy) is 2. The first-order valence-electron chi connectivity index (χ1n) is 15.9. The van der Waals surface area contributed by atoms with Gasteiger partial charge in [0.05, 0.1) is 35.3 Å². The molecule has 0 bridgehead atoms. The number of fused-ring (bicyclic) bond motifs is 2. The normalized spacial score (nSPS) is 13.0. The van der Waals surface area contributed by atoms with E-state index in [4.69, 9.17) is 19.4 Å². The summed E-state index contributed by atoms with van der Waals surface area (Å²) in [6.45, 7) is 10.2. The predicted octanol–water partition coefficient (Wildman–Crippen LogP) is 11.6. The highest BCUT2D eigenvalue weighted by molar-refractivity contribution is 7.14. The number of aromatic nitrogens is 2. The Morgan fingerprint density at radius 3 is 1.74 bits per heavy atom. The molecule has 0 fully saturated rings. The first-order chi connectivity index (χ1) is 21.1. The highest BCUT2D eigenvalue weighted by Crippen LogP contribution is 2.41. The Hall–Kier alpha value is -3.03. The molecule has 0 amide bonds. The molecule has 228 valence electrons. The highest BCUT2D eigenvalue weighted by atomic mass is 32.1. The molecule has 0 saturated heterocycles. The van der Waals surface area contributed by atoms with Crippen LogP contribution in [0.1, 0.15) is 79.1 Å². The van der Waals surface area contributed by atoms with E-state index in [0.717, 1.165) is 46.5 Å². The highest BCUT2D eigenvalue weighted by Gasteiger charge is 2.21. The van der Waals surface area contributed by atoms with Crippen molar-refractivity contribution in [2.24, 2.45) is 11.8 Å². The van der Waals surface area contributed by atoms with Crippen molar-refractivity contribution in [3.05, 3.63) is 59.0 Å². The molecule has 0 saturated carbocycles. The maximum Gasteiger partial charge on any atom is 0.163 e. The zero-order valence-electron chi connectivity index (χ0n) is 25.8. The van der Waals surface area contributed by atoms with Crippen molar-refractivity contribution in [1.29, 1.82) is 0 Å². The standard InChI is InChI=1S/C36H43FN2O2S2/c1-5-9-13-24(7-3)22-40-30-20-28-29(21-31(30)41-23-25(8-4)14-10-6-2)39-36-34(33-16-12-18-43-33)27(37)19-26(35(36)38-28)32-15-11-17-42-32/h11-12,15-21,24-25H,5-10,13-14,22-23H2,1-4H3. The van der Waals surface area contributed by atoms with Gasteiger partial charge < -0.3 is 9.47 Å². The van der Waals surface area contributed by atoms with Gasteiger partial charge in [-0.25, -0.2) is 14.4 Å². The fraction of sp³-hybridized carbons (Fsp3) is 0.444. The molecule has 4 nitrogen and oxygen atoms in total. The van der Waals surface area contributed by atoms with Gasteiger partial charge in [-0.2, -0.15) is 0 Å². The monoisotopic (exact) mass is 618 g/mol. The zero-order chi connectivity index (χ0) is 30.2. The van der Waals surface area contributed by atoms with Gasteiger partial charge >= 0.3 is 0 Å². The van der Waals surface area contributed by atoms with Gasteiger partial charge in [0.1, 0.15) is 11.3 Å². The summed E-state index contributed by atoms with van der Waals surface area (Å²) >= 11 is 3.08. The Balaban J connectivity index is 1.63. The summed E-state index contributed by atoms with van der Waals surface area (Å²) in [4.78, 5) is 12.0. The number of thiophene rings is 2. The number of benzene rings is 2. The van der Waals surface area contributed by atoms with Crippen molar-refractivity contribution in [3.63, 3.8) is 0 Å². The Morgan fingerprint density at radius 1 is 0.721 bits per heavy atom. The van der Waals surface area contributed by atoms with Gasteiger partial charge in [0.2, 0.25) is 0 Å². The zero-order valence-corrected chi connectivity index (χ0v) is 27.5. The molecule has 2 atom stereocenters. The van der Waals surface area contributed by atoms with Gasteiger partial charge in [-0.05, 0) is 53.6 Å². The number of nitrogens with zero attached hydrogens (tertiary/aromatic N) is 2. The summed E-state index contributed by atoms with van der Waals surface area (Å²) in [5, 5.41) is 3.97. The Kier molecular flexibility index (Phi) is 11.0. The van der Waals surface area contributed by atoms with Gasteiger partial charge in [-0.3, -0.25) is 0 Å². The molecule has 5 rings (SSSR count). The minimum Gasteiger partial charge on any atom is -0.489 e. The van der Waals surface area contributed by atoms with Gasteiger partial charge in [-0.1, -0.05) is 78.4 Å². The van der Waals surface area contributed by atoms with E-state index in [1.54, 1.807) is 17.4 Å². The summed E-state index contributed by atoms with van der Waals surface area (Å²) in [7, 11) is 0.